The Kier molecular flexibility index (Phi) is 3.22. The number of nitrogens with one attached hydrogen (secondary N) is 1. The van der Waals surface area contributed by atoms with E-state index < -0.39 is 0 Å². The van der Waals surface area contributed by atoms with Gasteiger partial charge in [0.1, 0.15) is 17.5 Å². The average molecular weight is 232 g/mol. The lowest BCUT2D eigenvalue weighted by Crippen LogP contribution is -2.08. The predicted octanol–water partition coefficient (Wildman–Crippen LogP) is 0.755. The van der Waals surface area contributed by atoms with E-state index in [0.29, 0.717) is 11.6 Å². The van der Waals surface area contributed by atoms with Crippen molar-refractivity contribution in [3.8, 4) is 0 Å². The minimum atomic E-state index is 0.487. The predicted molar refractivity (Wildman–Crippen MR) is 66.6 cm³/mol. The van der Waals surface area contributed by atoms with Gasteiger partial charge in [0.15, 0.2) is 0 Å². The van der Waals surface area contributed by atoms with Gasteiger partial charge < -0.3 is 11.1 Å². The highest BCUT2D eigenvalue weighted by atomic mass is 15.2. The van der Waals surface area contributed by atoms with Gasteiger partial charge >= 0.3 is 0 Å². The molecule has 0 atom stereocenters. The number of hydrogen-bond acceptors (Lipinski definition) is 5. The maximum absolute atomic E-state index is 5.64. The van der Waals surface area contributed by atoms with Gasteiger partial charge in [0.2, 0.25) is 0 Å². The lowest BCUT2D eigenvalue weighted by molar-refractivity contribution is 0.767. The summed E-state index contributed by atoms with van der Waals surface area (Å²) in [5, 5.41) is 7.33. The van der Waals surface area contributed by atoms with E-state index in [1.54, 1.807) is 10.7 Å². The molecule has 0 spiro atoms. The number of nitrogens with zero attached hydrogens (tertiary/aromatic N) is 4. The normalized spacial score (nSPS) is 10.5. The molecule has 2 heterocycles. The fraction of sp³-hybridized carbons (Fsp3) is 0.364. The molecule has 0 radical (unpaired) electrons. The summed E-state index contributed by atoms with van der Waals surface area (Å²) in [4.78, 5) is 8.26. The van der Waals surface area contributed by atoms with Crippen molar-refractivity contribution >= 4 is 11.6 Å². The van der Waals surface area contributed by atoms with Crippen LogP contribution in [0.3, 0.4) is 0 Å². The van der Waals surface area contributed by atoms with Gasteiger partial charge in [-0.2, -0.15) is 5.10 Å². The summed E-state index contributed by atoms with van der Waals surface area (Å²) in [6, 6.07) is 1.73. The summed E-state index contributed by atoms with van der Waals surface area (Å²) in [5.41, 5.74) is 6.83. The number of nitrogens with two attached hydrogens (primary N) is 1. The zero-order valence-electron chi connectivity index (χ0n) is 10.0. The highest BCUT2D eigenvalue weighted by Gasteiger charge is 2.00. The van der Waals surface area contributed by atoms with Gasteiger partial charge in [0.25, 0.3) is 0 Å². The van der Waals surface area contributed by atoms with Crippen LogP contribution in [0.25, 0.3) is 0 Å². The molecule has 2 aromatic rings. The summed E-state index contributed by atoms with van der Waals surface area (Å²) >= 11 is 0. The molecule has 90 valence electrons. The van der Waals surface area contributed by atoms with Gasteiger partial charge in [0, 0.05) is 25.9 Å². The van der Waals surface area contributed by atoms with Gasteiger partial charge in [-0.1, -0.05) is 0 Å². The van der Waals surface area contributed by atoms with Crippen molar-refractivity contribution in [1.82, 2.24) is 19.7 Å². The molecule has 6 nitrogen and oxygen atoms in total. The Bertz CT molecular complexity index is 484. The Morgan fingerprint density at radius 3 is 2.88 bits per heavy atom. The molecule has 0 saturated carbocycles. The summed E-state index contributed by atoms with van der Waals surface area (Å²) in [6.45, 7) is 2.62. The topological polar surface area (TPSA) is 81.6 Å². The Hall–Kier alpha value is -2.11. The minimum Gasteiger partial charge on any atom is -0.384 e. The van der Waals surface area contributed by atoms with Gasteiger partial charge in [-0.15, -0.1) is 0 Å². The SMILES string of the molecule is Cc1nc(N)cc(NCCc2cnn(C)c2)n1. The van der Waals surface area contributed by atoms with Crippen LogP contribution in [0, 0.1) is 6.92 Å². The van der Waals surface area contributed by atoms with Crippen LogP contribution in [0.5, 0.6) is 0 Å². The van der Waals surface area contributed by atoms with Crippen molar-refractivity contribution < 1.29 is 0 Å². The highest BCUT2D eigenvalue weighted by Crippen LogP contribution is 2.07. The Morgan fingerprint density at radius 1 is 1.41 bits per heavy atom. The van der Waals surface area contributed by atoms with Crippen LogP contribution in [0.4, 0.5) is 11.6 Å². The van der Waals surface area contributed by atoms with Crippen molar-refractivity contribution in [1.29, 1.82) is 0 Å². The molecule has 2 rings (SSSR count). The maximum Gasteiger partial charge on any atom is 0.131 e. The fourth-order valence-electron chi connectivity index (χ4n) is 1.62. The second-order valence-electron chi connectivity index (χ2n) is 3.92. The molecule has 6 heteroatoms. The molecule has 2 aromatic heterocycles. The number of aryl methyl sites for hydroxylation is 2. The Labute approximate surface area is 99.9 Å². The van der Waals surface area contributed by atoms with Gasteiger partial charge in [-0.05, 0) is 18.9 Å². The van der Waals surface area contributed by atoms with Crippen LogP contribution in [-0.4, -0.2) is 26.3 Å². The van der Waals surface area contributed by atoms with Crippen LogP contribution in [0.1, 0.15) is 11.4 Å². The first-order valence-corrected chi connectivity index (χ1v) is 5.46. The lowest BCUT2D eigenvalue weighted by atomic mass is 10.2. The van der Waals surface area contributed by atoms with E-state index >= 15 is 0 Å². The van der Waals surface area contributed by atoms with Crippen molar-refractivity contribution in [3.05, 3.63) is 29.8 Å². The molecular formula is C11H16N6. The van der Waals surface area contributed by atoms with E-state index in [1.807, 2.05) is 26.4 Å². The monoisotopic (exact) mass is 232 g/mol. The van der Waals surface area contributed by atoms with Gasteiger partial charge in [-0.3, -0.25) is 4.68 Å². The molecule has 0 aliphatic heterocycles. The van der Waals surface area contributed by atoms with Crippen molar-refractivity contribution in [3.63, 3.8) is 0 Å². The molecule has 0 aromatic carbocycles. The van der Waals surface area contributed by atoms with Crippen LogP contribution < -0.4 is 11.1 Å². The van der Waals surface area contributed by atoms with Gasteiger partial charge in [-0.25, -0.2) is 9.97 Å². The quantitative estimate of drug-likeness (QED) is 0.813. The first kappa shape index (κ1) is 11.4. The van der Waals surface area contributed by atoms with Crippen molar-refractivity contribution in [2.45, 2.75) is 13.3 Å². The van der Waals surface area contributed by atoms with E-state index in [2.05, 4.69) is 20.4 Å². The summed E-state index contributed by atoms with van der Waals surface area (Å²) in [7, 11) is 1.91. The maximum atomic E-state index is 5.64. The fourth-order valence-corrected chi connectivity index (χ4v) is 1.62. The molecular weight excluding hydrogens is 216 g/mol. The molecule has 0 fully saturated rings. The second kappa shape index (κ2) is 4.82. The molecule has 3 N–H and O–H groups in total. The zero-order valence-corrected chi connectivity index (χ0v) is 10.0. The molecule has 0 amide bonds. The Morgan fingerprint density at radius 2 is 2.24 bits per heavy atom. The van der Waals surface area contributed by atoms with E-state index in [9.17, 15) is 0 Å². The first-order chi connectivity index (χ1) is 8.13. The number of anilines is 2. The summed E-state index contributed by atoms with van der Waals surface area (Å²) < 4.78 is 1.79. The highest BCUT2D eigenvalue weighted by molar-refractivity contribution is 5.44. The Balaban J connectivity index is 1.89. The number of nitrogen functional groups attached to an aromatic ring is 1. The molecule has 0 unspecified atom stereocenters. The van der Waals surface area contributed by atoms with Gasteiger partial charge in [0.05, 0.1) is 6.20 Å². The third-order valence-electron chi connectivity index (χ3n) is 2.34. The lowest BCUT2D eigenvalue weighted by Gasteiger charge is -2.05. The first-order valence-electron chi connectivity index (χ1n) is 5.46. The molecule has 17 heavy (non-hydrogen) atoms. The van der Waals surface area contributed by atoms with E-state index in [1.165, 1.54) is 5.56 Å². The van der Waals surface area contributed by atoms with Crippen molar-refractivity contribution in [2.75, 3.05) is 17.6 Å². The summed E-state index contributed by atoms with van der Waals surface area (Å²) in [6.07, 6.45) is 4.76. The standard InChI is InChI=1S/C11H16N6/c1-8-15-10(12)5-11(16-8)13-4-3-9-6-14-17(2)7-9/h5-7H,3-4H2,1-2H3,(H3,12,13,15,16). The number of hydrogen-bond donors (Lipinski definition) is 2. The third-order valence-corrected chi connectivity index (χ3v) is 2.34. The minimum absolute atomic E-state index is 0.487. The molecule has 0 aliphatic carbocycles. The largest absolute Gasteiger partial charge is 0.384 e. The number of rotatable bonds is 4. The smallest absolute Gasteiger partial charge is 0.131 e. The average Bonchev–Trinajstić information content (AvgIpc) is 2.63. The van der Waals surface area contributed by atoms with E-state index in [0.717, 1.165) is 18.8 Å². The molecule has 0 saturated heterocycles. The van der Waals surface area contributed by atoms with Crippen LogP contribution in [-0.2, 0) is 13.5 Å². The van der Waals surface area contributed by atoms with Crippen molar-refractivity contribution in [2.24, 2.45) is 7.05 Å². The zero-order chi connectivity index (χ0) is 12.3. The van der Waals surface area contributed by atoms with E-state index in [4.69, 9.17) is 5.73 Å². The number of aromatic nitrogens is 4. The van der Waals surface area contributed by atoms with Crippen LogP contribution >= 0.6 is 0 Å². The summed E-state index contributed by atoms with van der Waals surface area (Å²) in [5.74, 6) is 1.93. The van der Waals surface area contributed by atoms with E-state index in [-0.39, 0.29) is 0 Å². The van der Waals surface area contributed by atoms with Crippen LogP contribution in [0.15, 0.2) is 18.5 Å². The second-order valence-corrected chi connectivity index (χ2v) is 3.92. The third kappa shape index (κ3) is 3.17. The molecule has 0 aliphatic rings. The van der Waals surface area contributed by atoms with Crippen LogP contribution in [0.2, 0.25) is 0 Å². The molecule has 0 bridgehead atoms.